The van der Waals surface area contributed by atoms with E-state index in [0.717, 1.165) is 49.4 Å². The van der Waals surface area contributed by atoms with Crippen LogP contribution < -0.4 is 0 Å². The minimum absolute atomic E-state index is 0.0696. The molecule has 6 heteroatoms. The van der Waals surface area contributed by atoms with Gasteiger partial charge in [0.15, 0.2) is 11.6 Å². The van der Waals surface area contributed by atoms with Gasteiger partial charge in [-0.05, 0) is 59.6 Å². The first-order valence-electron chi connectivity index (χ1n) is 22.5. The molecule has 0 spiro atoms. The van der Waals surface area contributed by atoms with Crippen LogP contribution in [0.5, 0.6) is 0 Å². The zero-order valence-electron chi connectivity index (χ0n) is 37.9. The third-order valence-corrected chi connectivity index (χ3v) is 10.6. The molecule has 4 aromatic heterocycles. The summed E-state index contributed by atoms with van der Waals surface area (Å²) < 4.78 is 80.6. The molecule has 0 N–H and O–H groups in total. The quantitative estimate of drug-likeness (QED) is 0.176. The highest BCUT2D eigenvalue weighted by molar-refractivity contribution is 6.14. The van der Waals surface area contributed by atoms with Crippen molar-refractivity contribution >= 4 is 65.6 Å². The number of furan rings is 1. The second kappa shape index (κ2) is 12.3. The standard InChI is InChI=1S/C51H31N5O/c1-3-14-32(15-4-1)34-26-29-45-41(30-34)38-20-9-10-22-42(38)55(45)35-27-28-39-47(31-35)57-46-25-13-21-40(48(39)46)50-52-49(33-16-5-2-6-17-33)53-51(54-50)56-43-23-11-7-18-36(43)37-19-8-12-24-44(37)56/h1-31H/i7D,8D,11D,12D,18D,19D,23D,24D. The third kappa shape index (κ3) is 4.87. The topological polar surface area (TPSA) is 61.7 Å². The van der Waals surface area contributed by atoms with Gasteiger partial charge in [0.1, 0.15) is 11.2 Å². The number of aromatic nitrogens is 5. The molecule has 0 aliphatic heterocycles. The Kier molecular flexibility index (Phi) is 5.32. The fraction of sp³-hybridized carbons (Fsp3) is 0. The molecule has 0 aliphatic carbocycles. The van der Waals surface area contributed by atoms with Gasteiger partial charge in [0.25, 0.3) is 0 Å². The van der Waals surface area contributed by atoms with Crippen molar-refractivity contribution in [3.05, 3.63) is 188 Å². The average Bonchev–Trinajstić information content (AvgIpc) is 4.02. The van der Waals surface area contributed by atoms with Crippen molar-refractivity contribution in [1.29, 1.82) is 0 Å². The maximum Gasteiger partial charge on any atom is 0.238 e. The Bertz CT molecular complexity index is 3920. The van der Waals surface area contributed by atoms with E-state index in [2.05, 4.69) is 59.2 Å². The van der Waals surface area contributed by atoms with E-state index in [9.17, 15) is 0 Å². The van der Waals surface area contributed by atoms with E-state index < -0.39 is 48.3 Å². The van der Waals surface area contributed by atoms with Crippen molar-refractivity contribution in [1.82, 2.24) is 24.1 Å². The van der Waals surface area contributed by atoms with E-state index >= 15 is 0 Å². The molecule has 8 aromatic carbocycles. The molecule has 6 nitrogen and oxygen atoms in total. The normalized spacial score (nSPS) is 13.8. The van der Waals surface area contributed by atoms with Gasteiger partial charge in [-0.2, -0.15) is 9.97 Å². The summed E-state index contributed by atoms with van der Waals surface area (Å²) in [5.41, 5.74) is 7.52. The molecular formula is C51H31N5O. The third-order valence-electron chi connectivity index (χ3n) is 10.6. The summed E-state index contributed by atoms with van der Waals surface area (Å²) >= 11 is 0. The second-order valence-electron chi connectivity index (χ2n) is 13.8. The predicted molar refractivity (Wildman–Crippen MR) is 232 cm³/mol. The molecule has 57 heavy (non-hydrogen) atoms. The van der Waals surface area contributed by atoms with E-state index in [1.54, 1.807) is 0 Å². The highest BCUT2D eigenvalue weighted by Gasteiger charge is 2.21. The fourth-order valence-electron chi connectivity index (χ4n) is 8.12. The van der Waals surface area contributed by atoms with Crippen LogP contribution in [0.15, 0.2) is 192 Å². The van der Waals surface area contributed by atoms with Gasteiger partial charge in [-0.3, -0.25) is 4.57 Å². The number of benzene rings is 8. The summed E-state index contributed by atoms with van der Waals surface area (Å²) in [5, 5.41) is 3.64. The van der Waals surface area contributed by atoms with Crippen molar-refractivity contribution in [3.63, 3.8) is 0 Å². The average molecular weight is 738 g/mol. The molecule has 0 radical (unpaired) electrons. The maximum absolute atomic E-state index is 9.10. The van der Waals surface area contributed by atoms with Crippen LogP contribution in [0.2, 0.25) is 0 Å². The minimum Gasteiger partial charge on any atom is -0.456 e. The van der Waals surface area contributed by atoms with Gasteiger partial charge in [0, 0.05) is 55.2 Å². The lowest BCUT2D eigenvalue weighted by atomic mass is 10.0. The summed E-state index contributed by atoms with van der Waals surface area (Å²) in [6.45, 7) is 0. The lowest BCUT2D eigenvalue weighted by Gasteiger charge is -2.11. The van der Waals surface area contributed by atoms with Crippen LogP contribution in [0.25, 0.3) is 111 Å². The van der Waals surface area contributed by atoms with E-state index in [0.29, 0.717) is 22.3 Å². The summed E-state index contributed by atoms with van der Waals surface area (Å²) in [6.07, 6.45) is 0. The Labute approximate surface area is 337 Å². The van der Waals surface area contributed by atoms with Crippen LogP contribution in [-0.2, 0) is 0 Å². The maximum atomic E-state index is 9.10. The Morgan fingerprint density at radius 1 is 0.421 bits per heavy atom. The molecule has 0 saturated carbocycles. The van der Waals surface area contributed by atoms with Crippen LogP contribution in [0.4, 0.5) is 0 Å². The molecule has 12 aromatic rings. The number of fused-ring (bicyclic) bond motifs is 9. The Morgan fingerprint density at radius 2 is 1.11 bits per heavy atom. The van der Waals surface area contributed by atoms with Crippen molar-refractivity contribution in [2.24, 2.45) is 0 Å². The first kappa shape index (κ1) is 24.6. The SMILES string of the molecule is [2H]c1c([2H])c([2H])c2c(c1[2H])c1c([2H])c([2H])c([2H])c([2H])c1n2-c1nc(-c2ccccc2)nc(-c2cccc3oc4cc(-n5c6ccccc6c6cc(-c7ccccc7)ccc65)ccc4c23)n1. The Morgan fingerprint density at radius 3 is 1.89 bits per heavy atom. The van der Waals surface area contributed by atoms with Crippen LogP contribution in [0.1, 0.15) is 11.0 Å². The van der Waals surface area contributed by atoms with Crippen molar-refractivity contribution in [3.8, 4) is 45.5 Å². The van der Waals surface area contributed by atoms with Gasteiger partial charge in [-0.1, -0.05) is 133 Å². The molecule has 266 valence electrons. The molecule has 0 aliphatic rings. The van der Waals surface area contributed by atoms with Crippen molar-refractivity contribution < 1.29 is 15.4 Å². The van der Waals surface area contributed by atoms with E-state index in [-0.39, 0.29) is 39.4 Å². The summed E-state index contributed by atoms with van der Waals surface area (Å²) in [5.74, 6) is 0.341. The fourth-order valence-corrected chi connectivity index (χ4v) is 8.12. The first-order chi connectivity index (χ1) is 31.6. The molecule has 0 bridgehead atoms. The zero-order valence-corrected chi connectivity index (χ0v) is 29.9. The van der Waals surface area contributed by atoms with E-state index in [1.165, 1.54) is 4.57 Å². The lowest BCUT2D eigenvalue weighted by Crippen LogP contribution is -2.06. The Balaban J connectivity index is 1.10. The number of hydrogen-bond acceptors (Lipinski definition) is 4. The van der Waals surface area contributed by atoms with Gasteiger partial charge < -0.3 is 8.98 Å². The minimum atomic E-state index is -0.536. The van der Waals surface area contributed by atoms with Gasteiger partial charge in [0.2, 0.25) is 5.95 Å². The van der Waals surface area contributed by atoms with Crippen molar-refractivity contribution in [2.45, 2.75) is 0 Å². The van der Waals surface area contributed by atoms with E-state index in [4.69, 9.17) is 30.3 Å². The summed E-state index contributed by atoms with van der Waals surface area (Å²) in [7, 11) is 0. The van der Waals surface area contributed by atoms with Gasteiger partial charge in [-0.15, -0.1) is 0 Å². The second-order valence-corrected chi connectivity index (χ2v) is 13.8. The number of para-hydroxylation sites is 3. The number of nitrogens with zero attached hydrogens (tertiary/aromatic N) is 5. The monoisotopic (exact) mass is 737 g/mol. The molecule has 0 unspecified atom stereocenters. The molecule has 0 fully saturated rings. The smallest absolute Gasteiger partial charge is 0.238 e. The van der Waals surface area contributed by atoms with Crippen LogP contribution >= 0.6 is 0 Å². The van der Waals surface area contributed by atoms with Crippen LogP contribution in [0.3, 0.4) is 0 Å². The highest BCUT2D eigenvalue weighted by Crippen LogP contribution is 2.40. The number of rotatable bonds is 5. The zero-order chi connectivity index (χ0) is 44.4. The van der Waals surface area contributed by atoms with Crippen LogP contribution in [-0.4, -0.2) is 24.1 Å². The van der Waals surface area contributed by atoms with Gasteiger partial charge in [-0.25, -0.2) is 4.98 Å². The van der Waals surface area contributed by atoms with Gasteiger partial charge in [0.05, 0.1) is 33.0 Å². The molecule has 12 rings (SSSR count). The predicted octanol–water partition coefficient (Wildman–Crippen LogP) is 13.0. The molecular weight excluding hydrogens is 699 g/mol. The molecule has 0 saturated heterocycles. The molecule has 0 atom stereocenters. The first-order valence-corrected chi connectivity index (χ1v) is 18.5. The Hall–Kier alpha value is -7.83. The lowest BCUT2D eigenvalue weighted by molar-refractivity contribution is 0.668. The van der Waals surface area contributed by atoms with Gasteiger partial charge >= 0.3 is 0 Å². The highest BCUT2D eigenvalue weighted by atomic mass is 16.3. The van der Waals surface area contributed by atoms with Crippen LogP contribution in [0, 0.1) is 0 Å². The molecule has 4 heterocycles. The van der Waals surface area contributed by atoms with Crippen molar-refractivity contribution in [2.75, 3.05) is 0 Å². The molecule has 0 amide bonds. The summed E-state index contributed by atoms with van der Waals surface area (Å²) in [4.78, 5) is 14.9. The number of hydrogen-bond donors (Lipinski definition) is 0. The van der Waals surface area contributed by atoms with E-state index in [1.807, 2.05) is 84.9 Å². The largest absolute Gasteiger partial charge is 0.456 e. The summed E-state index contributed by atoms with van der Waals surface area (Å²) in [6, 6.07) is 42.2.